The van der Waals surface area contributed by atoms with Crippen molar-refractivity contribution in [2.75, 3.05) is 0 Å². The Bertz CT molecular complexity index is 543. The number of benzene rings is 1. The lowest BCUT2D eigenvalue weighted by atomic mass is 9.87. The van der Waals surface area contributed by atoms with Crippen LogP contribution in [0.25, 0.3) is 0 Å². The summed E-state index contributed by atoms with van der Waals surface area (Å²) in [5.74, 6) is 0. The van der Waals surface area contributed by atoms with E-state index in [4.69, 9.17) is 0 Å². The number of hydrogen-bond acceptors (Lipinski definition) is 2. The van der Waals surface area contributed by atoms with Crippen LogP contribution < -0.4 is 4.87 Å². The molecular formula is C14H17NOS. The Labute approximate surface area is 106 Å². The molecule has 0 saturated carbocycles. The van der Waals surface area contributed by atoms with Gasteiger partial charge in [0.1, 0.15) is 0 Å². The summed E-state index contributed by atoms with van der Waals surface area (Å²) in [6.45, 7) is 7.26. The van der Waals surface area contributed by atoms with Gasteiger partial charge in [-0.1, -0.05) is 56.4 Å². The second-order valence-corrected chi connectivity index (χ2v) is 6.10. The van der Waals surface area contributed by atoms with Gasteiger partial charge in [0, 0.05) is 11.6 Å². The first-order valence-electron chi connectivity index (χ1n) is 5.70. The number of aromatic nitrogens is 1. The summed E-state index contributed by atoms with van der Waals surface area (Å²) >= 11 is 1.24. The fraction of sp³-hybridized carbons (Fsp3) is 0.357. The second-order valence-electron chi connectivity index (χ2n) is 5.24. The molecular weight excluding hydrogens is 230 g/mol. The third kappa shape index (κ3) is 2.86. The van der Waals surface area contributed by atoms with Crippen molar-refractivity contribution in [2.24, 2.45) is 0 Å². The summed E-state index contributed by atoms with van der Waals surface area (Å²) < 4.78 is 1.73. The molecule has 90 valence electrons. The highest BCUT2D eigenvalue weighted by atomic mass is 32.1. The molecule has 0 N–H and O–H groups in total. The quantitative estimate of drug-likeness (QED) is 0.798. The predicted octanol–water partition coefficient (Wildman–Crippen LogP) is 3.26. The molecule has 0 radical (unpaired) electrons. The molecule has 0 aliphatic carbocycles. The monoisotopic (exact) mass is 247 g/mol. The molecule has 0 fully saturated rings. The molecule has 0 aliphatic heterocycles. The molecule has 0 saturated heterocycles. The normalized spacial score (nSPS) is 11.7. The van der Waals surface area contributed by atoms with E-state index in [2.05, 4.69) is 45.0 Å². The molecule has 1 aromatic carbocycles. The third-order valence-electron chi connectivity index (χ3n) is 2.82. The van der Waals surface area contributed by atoms with E-state index in [0.717, 1.165) is 0 Å². The first-order chi connectivity index (χ1) is 7.97. The van der Waals surface area contributed by atoms with Crippen molar-refractivity contribution in [1.82, 2.24) is 4.57 Å². The van der Waals surface area contributed by atoms with Gasteiger partial charge in [0.15, 0.2) is 0 Å². The molecule has 2 nitrogen and oxygen atoms in total. The zero-order chi connectivity index (χ0) is 12.5. The average Bonchev–Trinajstić information content (AvgIpc) is 2.64. The molecule has 2 aromatic rings. The molecule has 0 amide bonds. The maximum atomic E-state index is 11.4. The van der Waals surface area contributed by atoms with Gasteiger partial charge in [-0.15, -0.1) is 0 Å². The van der Waals surface area contributed by atoms with Gasteiger partial charge in [0.05, 0.1) is 6.54 Å². The van der Waals surface area contributed by atoms with E-state index in [1.165, 1.54) is 22.5 Å². The van der Waals surface area contributed by atoms with Crippen LogP contribution in [0.4, 0.5) is 0 Å². The zero-order valence-electron chi connectivity index (χ0n) is 10.4. The highest BCUT2D eigenvalue weighted by Crippen LogP contribution is 2.22. The molecule has 0 unspecified atom stereocenters. The van der Waals surface area contributed by atoms with Gasteiger partial charge in [-0.05, 0) is 16.5 Å². The van der Waals surface area contributed by atoms with E-state index in [0.29, 0.717) is 6.54 Å². The van der Waals surface area contributed by atoms with Crippen LogP contribution in [0.3, 0.4) is 0 Å². The zero-order valence-corrected chi connectivity index (χ0v) is 11.3. The Morgan fingerprint density at radius 2 is 1.82 bits per heavy atom. The van der Waals surface area contributed by atoms with Crippen molar-refractivity contribution in [3.05, 3.63) is 56.6 Å². The lowest BCUT2D eigenvalue weighted by molar-refractivity contribution is 0.589. The number of nitrogens with zero attached hydrogens (tertiary/aromatic N) is 1. The van der Waals surface area contributed by atoms with Crippen molar-refractivity contribution in [3.63, 3.8) is 0 Å². The summed E-state index contributed by atoms with van der Waals surface area (Å²) in [7, 11) is 0. The first kappa shape index (κ1) is 12.1. The lowest BCUT2D eigenvalue weighted by Crippen LogP contribution is -2.13. The first-order valence-corrected chi connectivity index (χ1v) is 6.58. The topological polar surface area (TPSA) is 22.0 Å². The molecule has 17 heavy (non-hydrogen) atoms. The molecule has 0 atom stereocenters. The van der Waals surface area contributed by atoms with Crippen molar-refractivity contribution < 1.29 is 0 Å². The lowest BCUT2D eigenvalue weighted by Gasteiger charge is -2.19. The van der Waals surface area contributed by atoms with Crippen molar-refractivity contribution in [2.45, 2.75) is 32.7 Å². The van der Waals surface area contributed by atoms with Crippen LogP contribution in [0.15, 0.2) is 40.6 Å². The molecule has 0 aliphatic rings. The minimum absolute atomic E-state index is 0.102. The third-order valence-corrected chi connectivity index (χ3v) is 3.51. The van der Waals surface area contributed by atoms with E-state index < -0.39 is 0 Å². The van der Waals surface area contributed by atoms with Gasteiger partial charge >= 0.3 is 4.87 Å². The minimum atomic E-state index is 0.102. The Hall–Kier alpha value is -1.35. The summed E-state index contributed by atoms with van der Waals surface area (Å²) in [5, 5.41) is 1.83. The Morgan fingerprint density at radius 3 is 2.29 bits per heavy atom. The van der Waals surface area contributed by atoms with Gasteiger partial charge < -0.3 is 4.57 Å². The van der Waals surface area contributed by atoms with Crippen molar-refractivity contribution in [1.29, 1.82) is 0 Å². The summed E-state index contributed by atoms with van der Waals surface area (Å²) in [4.78, 5) is 11.5. The maximum absolute atomic E-state index is 11.4. The number of hydrogen-bond donors (Lipinski definition) is 0. The van der Waals surface area contributed by atoms with E-state index in [9.17, 15) is 4.79 Å². The van der Waals surface area contributed by atoms with Gasteiger partial charge in [-0.25, -0.2) is 0 Å². The van der Waals surface area contributed by atoms with Crippen LogP contribution in [-0.4, -0.2) is 4.57 Å². The summed E-state index contributed by atoms with van der Waals surface area (Å²) in [6, 6.07) is 8.49. The summed E-state index contributed by atoms with van der Waals surface area (Å²) in [6.07, 6.45) is 1.84. The fourth-order valence-electron chi connectivity index (χ4n) is 1.71. The van der Waals surface area contributed by atoms with E-state index in [1.54, 1.807) is 4.57 Å². The van der Waals surface area contributed by atoms with Crippen LogP contribution in [0.1, 0.15) is 31.9 Å². The highest BCUT2D eigenvalue weighted by Gasteiger charge is 2.12. The van der Waals surface area contributed by atoms with Gasteiger partial charge in [-0.3, -0.25) is 4.79 Å². The molecule has 1 heterocycles. The van der Waals surface area contributed by atoms with E-state index in [1.807, 2.05) is 11.6 Å². The number of thiazole rings is 1. The van der Waals surface area contributed by atoms with Crippen molar-refractivity contribution in [3.8, 4) is 0 Å². The van der Waals surface area contributed by atoms with Gasteiger partial charge in [0.25, 0.3) is 0 Å². The van der Waals surface area contributed by atoms with Crippen LogP contribution in [-0.2, 0) is 12.0 Å². The average molecular weight is 247 g/mol. The van der Waals surface area contributed by atoms with E-state index in [-0.39, 0.29) is 10.3 Å². The Balaban J connectivity index is 2.20. The van der Waals surface area contributed by atoms with Gasteiger partial charge in [0.2, 0.25) is 0 Å². The second kappa shape index (κ2) is 4.49. The Kier molecular flexibility index (Phi) is 3.20. The molecule has 3 heteroatoms. The van der Waals surface area contributed by atoms with Gasteiger partial charge in [-0.2, -0.15) is 0 Å². The molecule has 1 aromatic heterocycles. The van der Waals surface area contributed by atoms with Crippen LogP contribution >= 0.6 is 11.3 Å². The van der Waals surface area contributed by atoms with Crippen LogP contribution in [0.2, 0.25) is 0 Å². The minimum Gasteiger partial charge on any atom is -0.302 e. The van der Waals surface area contributed by atoms with E-state index >= 15 is 0 Å². The largest absolute Gasteiger partial charge is 0.307 e. The van der Waals surface area contributed by atoms with Crippen LogP contribution in [0.5, 0.6) is 0 Å². The molecule has 0 spiro atoms. The summed E-state index contributed by atoms with van der Waals surface area (Å²) in [5.41, 5.74) is 2.66. The predicted molar refractivity (Wildman–Crippen MR) is 72.8 cm³/mol. The fourth-order valence-corrected chi connectivity index (χ4v) is 2.30. The molecule has 2 rings (SSSR count). The smallest absolute Gasteiger partial charge is 0.302 e. The Morgan fingerprint density at radius 1 is 1.18 bits per heavy atom. The maximum Gasteiger partial charge on any atom is 0.307 e. The van der Waals surface area contributed by atoms with Crippen molar-refractivity contribution >= 4 is 11.3 Å². The number of rotatable bonds is 2. The highest BCUT2D eigenvalue weighted by molar-refractivity contribution is 7.07. The van der Waals surface area contributed by atoms with Crippen LogP contribution in [0, 0.1) is 0 Å². The SMILES string of the molecule is CC(C)(C)c1ccc(Cn2ccsc2=O)cc1. The standard InChI is InChI=1S/C14H17NOS/c1-14(2,3)12-6-4-11(5-7-12)10-15-8-9-17-13(15)16/h4-9H,10H2,1-3H3. The molecule has 0 bridgehead atoms.